The first-order valence-corrected chi connectivity index (χ1v) is 11.1. The average Bonchev–Trinajstić information content (AvgIpc) is 3.12. The summed E-state index contributed by atoms with van der Waals surface area (Å²) < 4.78 is 6.40. The molecule has 3 heterocycles. The molecule has 0 amide bonds. The lowest BCUT2D eigenvalue weighted by Crippen LogP contribution is -2.53. The lowest BCUT2D eigenvalue weighted by atomic mass is 9.81. The van der Waals surface area contributed by atoms with Crippen molar-refractivity contribution in [2.75, 3.05) is 31.1 Å². The standard InChI is InChI=1S/C22H31N3OS/c1-3-24(16-19-17-27-18(2)23-19)21-9-14-26-22(15-21)10-12-25(13-11-22)20-7-5-4-6-8-20/h4-8,17,21H,3,9-16H2,1-2H3. The summed E-state index contributed by atoms with van der Waals surface area (Å²) in [6.45, 7) is 9.49. The summed E-state index contributed by atoms with van der Waals surface area (Å²) in [7, 11) is 0. The van der Waals surface area contributed by atoms with E-state index in [2.05, 4.69) is 64.3 Å². The van der Waals surface area contributed by atoms with E-state index in [1.54, 1.807) is 11.3 Å². The molecule has 2 saturated heterocycles. The topological polar surface area (TPSA) is 28.6 Å². The number of rotatable bonds is 5. The Morgan fingerprint density at radius 2 is 2.04 bits per heavy atom. The molecule has 2 aliphatic rings. The van der Waals surface area contributed by atoms with Crippen molar-refractivity contribution in [3.05, 3.63) is 46.4 Å². The molecule has 0 bridgehead atoms. The van der Waals surface area contributed by atoms with Crippen molar-refractivity contribution < 1.29 is 4.74 Å². The number of aromatic nitrogens is 1. The normalized spacial score (nSPS) is 22.5. The van der Waals surface area contributed by atoms with Crippen LogP contribution in [0.3, 0.4) is 0 Å². The van der Waals surface area contributed by atoms with Crippen molar-refractivity contribution in [3.8, 4) is 0 Å². The van der Waals surface area contributed by atoms with Crippen molar-refractivity contribution in [2.45, 2.75) is 57.7 Å². The Hall–Kier alpha value is -1.43. The van der Waals surface area contributed by atoms with Crippen LogP contribution < -0.4 is 4.90 Å². The first kappa shape index (κ1) is 18.9. The summed E-state index contributed by atoms with van der Waals surface area (Å²) in [4.78, 5) is 9.80. The zero-order valence-corrected chi connectivity index (χ0v) is 17.4. The Morgan fingerprint density at radius 1 is 1.26 bits per heavy atom. The number of hydrogen-bond acceptors (Lipinski definition) is 5. The SMILES string of the molecule is CCN(Cc1csc(C)n1)C1CCOC2(CCN(c3ccccc3)CC2)C1. The summed E-state index contributed by atoms with van der Waals surface area (Å²) >= 11 is 1.76. The van der Waals surface area contributed by atoms with Gasteiger partial charge in [-0.2, -0.15) is 0 Å². The number of para-hydroxylation sites is 1. The highest BCUT2D eigenvalue weighted by Crippen LogP contribution is 2.38. The molecule has 27 heavy (non-hydrogen) atoms. The van der Waals surface area contributed by atoms with Gasteiger partial charge >= 0.3 is 0 Å². The number of aryl methyl sites for hydroxylation is 1. The van der Waals surface area contributed by atoms with E-state index >= 15 is 0 Å². The minimum absolute atomic E-state index is 0.0691. The quantitative estimate of drug-likeness (QED) is 0.758. The van der Waals surface area contributed by atoms with Gasteiger partial charge in [0.2, 0.25) is 0 Å². The molecule has 1 atom stereocenters. The molecule has 146 valence electrons. The Balaban J connectivity index is 1.38. The van der Waals surface area contributed by atoms with E-state index in [0.717, 1.165) is 63.5 Å². The number of benzene rings is 1. The number of anilines is 1. The molecular weight excluding hydrogens is 354 g/mol. The van der Waals surface area contributed by atoms with Crippen LogP contribution in [0, 0.1) is 6.92 Å². The highest BCUT2D eigenvalue weighted by molar-refractivity contribution is 7.09. The Kier molecular flexibility index (Phi) is 5.81. The summed E-state index contributed by atoms with van der Waals surface area (Å²) in [5.41, 5.74) is 2.63. The predicted octanol–water partition coefficient (Wildman–Crippen LogP) is 4.49. The highest BCUT2D eigenvalue weighted by atomic mass is 32.1. The monoisotopic (exact) mass is 385 g/mol. The van der Waals surface area contributed by atoms with Gasteiger partial charge in [-0.05, 0) is 51.3 Å². The van der Waals surface area contributed by atoms with Crippen molar-refractivity contribution in [1.82, 2.24) is 9.88 Å². The van der Waals surface area contributed by atoms with E-state index in [-0.39, 0.29) is 5.60 Å². The summed E-state index contributed by atoms with van der Waals surface area (Å²) in [5, 5.41) is 3.38. The van der Waals surface area contributed by atoms with E-state index in [0.29, 0.717) is 6.04 Å². The van der Waals surface area contributed by atoms with Crippen LogP contribution in [0.2, 0.25) is 0 Å². The van der Waals surface area contributed by atoms with Gasteiger partial charge in [-0.25, -0.2) is 4.98 Å². The molecule has 0 radical (unpaired) electrons. The predicted molar refractivity (Wildman–Crippen MR) is 113 cm³/mol. The maximum Gasteiger partial charge on any atom is 0.0897 e. The fourth-order valence-corrected chi connectivity index (χ4v) is 5.27. The Labute approximate surface area is 167 Å². The molecule has 5 heteroatoms. The van der Waals surface area contributed by atoms with Gasteiger partial charge in [0, 0.05) is 43.4 Å². The fraction of sp³-hybridized carbons (Fsp3) is 0.591. The molecule has 1 unspecified atom stereocenters. The van der Waals surface area contributed by atoms with Gasteiger partial charge in [-0.15, -0.1) is 11.3 Å². The van der Waals surface area contributed by atoms with Crippen LogP contribution in [0.4, 0.5) is 5.69 Å². The Bertz CT molecular complexity index is 724. The molecule has 4 nitrogen and oxygen atoms in total. The van der Waals surface area contributed by atoms with Crippen molar-refractivity contribution in [3.63, 3.8) is 0 Å². The number of piperidine rings is 1. The molecule has 0 N–H and O–H groups in total. The second-order valence-electron chi connectivity index (χ2n) is 7.92. The summed E-state index contributed by atoms with van der Waals surface area (Å²) in [5.74, 6) is 0. The van der Waals surface area contributed by atoms with Crippen molar-refractivity contribution in [1.29, 1.82) is 0 Å². The van der Waals surface area contributed by atoms with Crippen LogP contribution in [0.25, 0.3) is 0 Å². The number of hydrogen-bond donors (Lipinski definition) is 0. The zero-order chi connectivity index (χ0) is 18.7. The molecule has 2 aromatic rings. The van der Waals surface area contributed by atoms with Crippen molar-refractivity contribution in [2.24, 2.45) is 0 Å². The molecule has 1 aromatic carbocycles. The zero-order valence-electron chi connectivity index (χ0n) is 16.6. The summed E-state index contributed by atoms with van der Waals surface area (Å²) in [6, 6.07) is 11.4. The van der Waals surface area contributed by atoms with Gasteiger partial charge in [0.25, 0.3) is 0 Å². The lowest BCUT2D eigenvalue weighted by molar-refractivity contribution is -0.118. The number of thiazole rings is 1. The molecule has 2 fully saturated rings. The molecule has 0 saturated carbocycles. The van der Waals surface area contributed by atoms with E-state index in [4.69, 9.17) is 4.74 Å². The highest BCUT2D eigenvalue weighted by Gasteiger charge is 2.41. The van der Waals surface area contributed by atoms with Gasteiger partial charge in [-0.1, -0.05) is 25.1 Å². The van der Waals surface area contributed by atoms with E-state index in [1.807, 2.05) is 0 Å². The van der Waals surface area contributed by atoms with Crippen LogP contribution in [0.1, 0.15) is 43.3 Å². The molecule has 0 aliphatic carbocycles. The molecule has 1 spiro atoms. The van der Waals surface area contributed by atoms with E-state index in [9.17, 15) is 0 Å². The number of ether oxygens (including phenoxy) is 1. The maximum atomic E-state index is 6.40. The van der Waals surface area contributed by atoms with Gasteiger partial charge in [-0.3, -0.25) is 4.90 Å². The van der Waals surface area contributed by atoms with Crippen molar-refractivity contribution >= 4 is 17.0 Å². The van der Waals surface area contributed by atoms with Crippen LogP contribution in [0.15, 0.2) is 35.7 Å². The molecule has 1 aromatic heterocycles. The van der Waals surface area contributed by atoms with Gasteiger partial charge in [0.1, 0.15) is 0 Å². The minimum Gasteiger partial charge on any atom is -0.375 e. The molecule has 2 aliphatic heterocycles. The third kappa shape index (κ3) is 4.36. The largest absolute Gasteiger partial charge is 0.375 e. The first-order valence-electron chi connectivity index (χ1n) is 10.3. The van der Waals surface area contributed by atoms with E-state index in [1.165, 1.54) is 11.4 Å². The van der Waals surface area contributed by atoms with E-state index < -0.39 is 0 Å². The van der Waals surface area contributed by atoms with Crippen LogP contribution in [0.5, 0.6) is 0 Å². The first-order chi connectivity index (χ1) is 13.2. The fourth-order valence-electron chi connectivity index (χ4n) is 4.66. The molecular formula is C22H31N3OS. The Morgan fingerprint density at radius 3 is 2.70 bits per heavy atom. The summed E-state index contributed by atoms with van der Waals surface area (Å²) in [6.07, 6.45) is 4.56. The maximum absolute atomic E-state index is 6.40. The third-order valence-electron chi connectivity index (χ3n) is 6.22. The second kappa shape index (κ2) is 8.29. The third-order valence-corrected chi connectivity index (χ3v) is 7.04. The number of nitrogens with zero attached hydrogens (tertiary/aromatic N) is 3. The van der Waals surface area contributed by atoms with Gasteiger partial charge in [0.15, 0.2) is 0 Å². The van der Waals surface area contributed by atoms with Crippen LogP contribution >= 0.6 is 11.3 Å². The van der Waals surface area contributed by atoms with Gasteiger partial charge in [0.05, 0.1) is 16.3 Å². The van der Waals surface area contributed by atoms with Crippen LogP contribution in [-0.4, -0.2) is 47.8 Å². The smallest absolute Gasteiger partial charge is 0.0897 e. The second-order valence-corrected chi connectivity index (χ2v) is 8.98. The van der Waals surface area contributed by atoms with Gasteiger partial charge < -0.3 is 9.64 Å². The lowest BCUT2D eigenvalue weighted by Gasteiger charge is -2.48. The average molecular weight is 386 g/mol. The molecule has 4 rings (SSSR count). The minimum atomic E-state index is 0.0691. The van der Waals surface area contributed by atoms with Crippen LogP contribution in [-0.2, 0) is 11.3 Å².